The second-order valence-electron chi connectivity index (χ2n) is 7.85. The van der Waals surface area contributed by atoms with Gasteiger partial charge in [0.15, 0.2) is 0 Å². The van der Waals surface area contributed by atoms with Crippen molar-refractivity contribution < 1.29 is 14.3 Å². The summed E-state index contributed by atoms with van der Waals surface area (Å²) in [6, 6.07) is 5.78. The molecule has 0 aromatic carbocycles. The molecule has 142 valence electrons. The van der Waals surface area contributed by atoms with Gasteiger partial charge in [0.2, 0.25) is 11.8 Å². The highest BCUT2D eigenvalue weighted by Crippen LogP contribution is 2.39. The number of carbonyl (C=O) groups is 2. The lowest BCUT2D eigenvalue weighted by atomic mass is 9.73. The monoisotopic (exact) mass is 359 g/mol. The van der Waals surface area contributed by atoms with E-state index in [0.717, 1.165) is 38.0 Å². The van der Waals surface area contributed by atoms with Crippen LogP contribution in [0.25, 0.3) is 0 Å². The van der Waals surface area contributed by atoms with Gasteiger partial charge >= 0.3 is 0 Å². The largest absolute Gasteiger partial charge is 0.369 e. The number of aromatic nitrogens is 1. The average Bonchev–Trinajstić information content (AvgIpc) is 2.64. The molecule has 2 aliphatic heterocycles. The zero-order valence-corrected chi connectivity index (χ0v) is 15.8. The van der Waals surface area contributed by atoms with E-state index in [-0.39, 0.29) is 29.9 Å². The molecular weight excluding hydrogens is 330 g/mol. The lowest BCUT2D eigenvalue weighted by Gasteiger charge is -2.48. The Kier molecular flexibility index (Phi) is 5.91. The van der Waals surface area contributed by atoms with Gasteiger partial charge in [-0.1, -0.05) is 6.07 Å². The number of carbonyl (C=O) groups excluding carboxylic acids is 2. The Bertz CT molecular complexity index is 634. The first-order chi connectivity index (χ1) is 12.5. The van der Waals surface area contributed by atoms with Gasteiger partial charge in [-0.2, -0.15) is 0 Å². The highest BCUT2D eigenvalue weighted by Gasteiger charge is 2.42. The first kappa shape index (κ1) is 18.8. The minimum Gasteiger partial charge on any atom is -0.369 e. The van der Waals surface area contributed by atoms with Crippen LogP contribution in [0.2, 0.25) is 0 Å². The second-order valence-corrected chi connectivity index (χ2v) is 7.85. The molecule has 2 aliphatic rings. The summed E-state index contributed by atoms with van der Waals surface area (Å²) in [6.07, 6.45) is 5.28. The summed E-state index contributed by atoms with van der Waals surface area (Å²) in [7, 11) is 0. The Labute approximate surface area is 155 Å². The minimum atomic E-state index is 0.00836. The number of hydrogen-bond acceptors (Lipinski definition) is 4. The highest BCUT2D eigenvalue weighted by molar-refractivity contribution is 5.78. The van der Waals surface area contributed by atoms with E-state index < -0.39 is 0 Å². The molecule has 6 heteroatoms. The fourth-order valence-electron chi connectivity index (χ4n) is 4.02. The molecule has 0 N–H and O–H groups in total. The number of amides is 2. The number of nitrogens with zero attached hydrogens (tertiary/aromatic N) is 3. The van der Waals surface area contributed by atoms with E-state index in [1.807, 2.05) is 41.8 Å². The van der Waals surface area contributed by atoms with E-state index in [1.165, 1.54) is 0 Å². The molecule has 2 saturated heterocycles. The zero-order valence-electron chi connectivity index (χ0n) is 15.8. The molecule has 1 aromatic rings. The summed E-state index contributed by atoms with van der Waals surface area (Å²) in [5, 5.41) is 0. The lowest BCUT2D eigenvalue weighted by Crippen LogP contribution is -2.55. The quantitative estimate of drug-likeness (QED) is 0.809. The number of hydrogen-bond donors (Lipinski definition) is 0. The topological polar surface area (TPSA) is 62.7 Å². The molecule has 1 aromatic heterocycles. The van der Waals surface area contributed by atoms with Crippen molar-refractivity contribution in [3.8, 4) is 0 Å². The Morgan fingerprint density at radius 2 is 2.15 bits per heavy atom. The minimum absolute atomic E-state index is 0.00836. The van der Waals surface area contributed by atoms with Crippen LogP contribution in [0.1, 0.15) is 45.2 Å². The second kappa shape index (κ2) is 8.16. The third-order valence-electron chi connectivity index (χ3n) is 5.38. The number of rotatable bonds is 5. The molecule has 2 fully saturated rings. The maximum atomic E-state index is 12.5. The molecule has 26 heavy (non-hydrogen) atoms. The molecule has 0 unspecified atom stereocenters. The molecule has 3 heterocycles. The van der Waals surface area contributed by atoms with Gasteiger partial charge in [0, 0.05) is 37.7 Å². The normalized spacial score (nSPS) is 23.7. The van der Waals surface area contributed by atoms with E-state index in [4.69, 9.17) is 4.74 Å². The molecule has 1 atom stereocenters. The number of pyridine rings is 1. The smallest absolute Gasteiger partial charge is 0.248 e. The molecule has 3 rings (SSSR count). The van der Waals surface area contributed by atoms with Crippen molar-refractivity contribution in [3.05, 3.63) is 30.1 Å². The van der Waals surface area contributed by atoms with Crippen LogP contribution in [0.3, 0.4) is 0 Å². The number of likely N-dealkylation sites (tertiary alicyclic amines) is 2. The summed E-state index contributed by atoms with van der Waals surface area (Å²) >= 11 is 0. The summed E-state index contributed by atoms with van der Waals surface area (Å²) in [5.74, 6) is 0.249. The maximum absolute atomic E-state index is 12.5. The zero-order chi connectivity index (χ0) is 18.6. The molecule has 0 aliphatic carbocycles. The van der Waals surface area contributed by atoms with Crippen LogP contribution >= 0.6 is 0 Å². The van der Waals surface area contributed by atoms with Gasteiger partial charge in [-0.3, -0.25) is 14.6 Å². The Morgan fingerprint density at radius 1 is 1.31 bits per heavy atom. The van der Waals surface area contributed by atoms with Gasteiger partial charge in [-0.15, -0.1) is 0 Å². The summed E-state index contributed by atoms with van der Waals surface area (Å²) in [6.45, 7) is 6.78. The summed E-state index contributed by atoms with van der Waals surface area (Å²) < 4.78 is 5.49. The molecule has 0 saturated carbocycles. The Morgan fingerprint density at radius 3 is 2.88 bits per heavy atom. The van der Waals surface area contributed by atoms with Crippen molar-refractivity contribution in [2.45, 2.75) is 52.2 Å². The standard InChI is InChI=1S/C20H29N3O3/c1-16(2)26-13-19(25)22-11-5-8-20(14-22)9-7-18(24)23(15-20)12-17-6-3-4-10-21-17/h3-4,6,10,16H,5,7-9,11-15H2,1-2H3/t20-/m0/s1. The van der Waals surface area contributed by atoms with E-state index in [2.05, 4.69) is 4.98 Å². The Balaban J connectivity index is 1.64. The van der Waals surface area contributed by atoms with Crippen LogP contribution in [-0.4, -0.2) is 58.9 Å². The van der Waals surface area contributed by atoms with Crippen molar-refractivity contribution in [1.29, 1.82) is 0 Å². The molecular formula is C20H29N3O3. The third-order valence-corrected chi connectivity index (χ3v) is 5.38. The van der Waals surface area contributed by atoms with Gasteiger partial charge in [0.05, 0.1) is 18.3 Å². The Hall–Kier alpha value is -1.95. The molecule has 6 nitrogen and oxygen atoms in total. The highest BCUT2D eigenvalue weighted by atomic mass is 16.5. The van der Waals surface area contributed by atoms with Crippen molar-refractivity contribution in [1.82, 2.24) is 14.8 Å². The van der Waals surface area contributed by atoms with Gasteiger partial charge in [-0.25, -0.2) is 0 Å². The SMILES string of the molecule is CC(C)OCC(=O)N1CCC[C@]2(CCC(=O)N(Cc3ccccn3)C2)C1. The third kappa shape index (κ3) is 4.61. The van der Waals surface area contributed by atoms with Crippen LogP contribution in [0, 0.1) is 5.41 Å². The van der Waals surface area contributed by atoms with Crippen LogP contribution in [-0.2, 0) is 20.9 Å². The predicted molar refractivity (Wildman–Crippen MR) is 98.2 cm³/mol. The average molecular weight is 359 g/mol. The van der Waals surface area contributed by atoms with Gasteiger partial charge in [-0.05, 0) is 45.2 Å². The van der Waals surface area contributed by atoms with Crippen LogP contribution in [0.5, 0.6) is 0 Å². The van der Waals surface area contributed by atoms with Crippen LogP contribution < -0.4 is 0 Å². The maximum Gasteiger partial charge on any atom is 0.248 e. The van der Waals surface area contributed by atoms with Crippen molar-refractivity contribution >= 4 is 11.8 Å². The fourth-order valence-corrected chi connectivity index (χ4v) is 4.02. The van der Waals surface area contributed by atoms with E-state index in [1.54, 1.807) is 6.20 Å². The molecule has 0 bridgehead atoms. The van der Waals surface area contributed by atoms with Crippen molar-refractivity contribution in [2.75, 3.05) is 26.2 Å². The number of piperidine rings is 2. The van der Waals surface area contributed by atoms with Crippen molar-refractivity contribution in [3.63, 3.8) is 0 Å². The van der Waals surface area contributed by atoms with Crippen LogP contribution in [0.15, 0.2) is 24.4 Å². The van der Waals surface area contributed by atoms with Gasteiger partial charge in [0.1, 0.15) is 6.61 Å². The van der Waals surface area contributed by atoms with Gasteiger partial charge in [0.25, 0.3) is 0 Å². The molecule has 2 amide bonds. The lowest BCUT2D eigenvalue weighted by molar-refractivity contribution is -0.146. The van der Waals surface area contributed by atoms with E-state index in [0.29, 0.717) is 19.5 Å². The van der Waals surface area contributed by atoms with Gasteiger partial charge < -0.3 is 14.5 Å². The summed E-state index contributed by atoms with van der Waals surface area (Å²) in [4.78, 5) is 33.1. The summed E-state index contributed by atoms with van der Waals surface area (Å²) in [5.41, 5.74) is 0.918. The predicted octanol–water partition coefficient (Wildman–Crippen LogP) is 2.24. The molecule has 1 spiro atoms. The van der Waals surface area contributed by atoms with Crippen molar-refractivity contribution in [2.24, 2.45) is 5.41 Å². The first-order valence-corrected chi connectivity index (χ1v) is 9.54. The first-order valence-electron chi connectivity index (χ1n) is 9.54. The van der Waals surface area contributed by atoms with Crippen LogP contribution in [0.4, 0.5) is 0 Å². The number of ether oxygens (including phenoxy) is 1. The fraction of sp³-hybridized carbons (Fsp3) is 0.650. The molecule has 0 radical (unpaired) electrons. The van der Waals surface area contributed by atoms with E-state index in [9.17, 15) is 9.59 Å². The van der Waals surface area contributed by atoms with E-state index >= 15 is 0 Å².